The highest BCUT2D eigenvalue weighted by molar-refractivity contribution is 7.19. The van der Waals surface area contributed by atoms with Crippen LogP contribution in [0, 0.1) is 0 Å². The summed E-state index contributed by atoms with van der Waals surface area (Å²) < 4.78 is 12.0. The summed E-state index contributed by atoms with van der Waals surface area (Å²) in [7, 11) is 3.30. The lowest BCUT2D eigenvalue weighted by atomic mass is 10.1. The van der Waals surface area contributed by atoms with Crippen LogP contribution in [-0.4, -0.2) is 14.2 Å². The van der Waals surface area contributed by atoms with Gasteiger partial charge < -0.3 is 9.47 Å². The van der Waals surface area contributed by atoms with E-state index in [1.165, 1.54) is 10.1 Å². The highest BCUT2D eigenvalue weighted by Crippen LogP contribution is 2.41. The van der Waals surface area contributed by atoms with E-state index in [0.29, 0.717) is 0 Å². The van der Waals surface area contributed by atoms with Gasteiger partial charge >= 0.3 is 0 Å². The molecule has 0 aliphatic heterocycles. The standard InChI is InChI=1S/C17H15ClO2S/c1-19-12-7-8-14(20-2)13(10-12)17(18)16-9-11-5-3-4-6-15(11)21-16/h3-10,17H,1-2H3. The minimum atomic E-state index is -0.257. The van der Waals surface area contributed by atoms with Crippen LogP contribution in [0.3, 0.4) is 0 Å². The van der Waals surface area contributed by atoms with E-state index in [2.05, 4.69) is 18.2 Å². The number of methoxy groups -OCH3 is 2. The summed E-state index contributed by atoms with van der Waals surface area (Å²) in [5, 5.41) is 0.956. The topological polar surface area (TPSA) is 18.5 Å². The molecule has 0 N–H and O–H groups in total. The quantitative estimate of drug-likeness (QED) is 0.612. The summed E-state index contributed by atoms with van der Waals surface area (Å²) in [6.45, 7) is 0. The first-order valence-corrected chi connectivity index (χ1v) is 7.82. The summed E-state index contributed by atoms with van der Waals surface area (Å²) >= 11 is 8.40. The predicted molar refractivity (Wildman–Crippen MR) is 89.1 cm³/mol. The van der Waals surface area contributed by atoms with Crippen molar-refractivity contribution < 1.29 is 9.47 Å². The molecule has 1 atom stereocenters. The molecule has 1 aromatic heterocycles. The van der Waals surface area contributed by atoms with Crippen LogP contribution in [0.25, 0.3) is 10.1 Å². The van der Waals surface area contributed by atoms with Crippen molar-refractivity contribution in [3.63, 3.8) is 0 Å². The third-order valence-electron chi connectivity index (χ3n) is 3.40. The Bertz CT molecular complexity index is 733. The van der Waals surface area contributed by atoms with E-state index in [1.807, 2.05) is 30.3 Å². The van der Waals surface area contributed by atoms with Gasteiger partial charge in [0.15, 0.2) is 0 Å². The molecule has 0 saturated carbocycles. The average Bonchev–Trinajstić information content (AvgIpc) is 2.97. The van der Waals surface area contributed by atoms with Crippen LogP contribution in [0.4, 0.5) is 0 Å². The fourth-order valence-electron chi connectivity index (χ4n) is 2.32. The normalized spacial score (nSPS) is 12.3. The number of alkyl halides is 1. The SMILES string of the molecule is COc1ccc(OC)c(C(Cl)c2cc3ccccc3s2)c1. The molecule has 108 valence electrons. The van der Waals surface area contributed by atoms with Gasteiger partial charge in [0.05, 0.1) is 19.6 Å². The molecule has 0 aliphatic carbocycles. The van der Waals surface area contributed by atoms with Gasteiger partial charge in [0.25, 0.3) is 0 Å². The maximum absolute atomic E-state index is 6.69. The first kappa shape index (κ1) is 14.2. The second-order valence-electron chi connectivity index (χ2n) is 4.66. The number of hydrogen-bond donors (Lipinski definition) is 0. The number of benzene rings is 2. The Labute approximate surface area is 132 Å². The van der Waals surface area contributed by atoms with E-state index in [1.54, 1.807) is 25.6 Å². The van der Waals surface area contributed by atoms with Gasteiger partial charge in [-0.25, -0.2) is 0 Å². The minimum absolute atomic E-state index is 0.257. The predicted octanol–water partition coefficient (Wildman–Crippen LogP) is 5.25. The van der Waals surface area contributed by atoms with Gasteiger partial charge in [0.1, 0.15) is 11.5 Å². The summed E-state index contributed by atoms with van der Waals surface area (Å²) in [4.78, 5) is 1.10. The third-order valence-corrected chi connectivity index (χ3v) is 5.18. The van der Waals surface area contributed by atoms with Crippen molar-refractivity contribution >= 4 is 33.0 Å². The highest BCUT2D eigenvalue weighted by Gasteiger charge is 2.19. The van der Waals surface area contributed by atoms with E-state index >= 15 is 0 Å². The molecule has 0 bridgehead atoms. The van der Waals surface area contributed by atoms with Crippen LogP contribution in [0.5, 0.6) is 11.5 Å². The lowest BCUT2D eigenvalue weighted by molar-refractivity contribution is 0.399. The summed E-state index contributed by atoms with van der Waals surface area (Å²) in [5.74, 6) is 1.55. The molecule has 0 aliphatic rings. The molecular weight excluding hydrogens is 304 g/mol. The average molecular weight is 319 g/mol. The van der Waals surface area contributed by atoms with Gasteiger partial charge in [0, 0.05) is 15.1 Å². The number of halogens is 1. The molecule has 3 rings (SSSR count). The van der Waals surface area contributed by atoms with Crippen LogP contribution in [0.2, 0.25) is 0 Å². The molecule has 0 fully saturated rings. The Hall–Kier alpha value is -1.71. The van der Waals surface area contributed by atoms with Crippen molar-refractivity contribution in [3.05, 3.63) is 59.0 Å². The number of thiophene rings is 1. The van der Waals surface area contributed by atoms with Crippen molar-refractivity contribution in [3.8, 4) is 11.5 Å². The minimum Gasteiger partial charge on any atom is -0.497 e. The van der Waals surface area contributed by atoms with Crippen molar-refractivity contribution in [1.82, 2.24) is 0 Å². The largest absolute Gasteiger partial charge is 0.497 e. The van der Waals surface area contributed by atoms with Crippen LogP contribution in [-0.2, 0) is 0 Å². The molecule has 21 heavy (non-hydrogen) atoms. The zero-order valence-electron chi connectivity index (χ0n) is 11.8. The monoisotopic (exact) mass is 318 g/mol. The van der Waals surface area contributed by atoms with E-state index in [4.69, 9.17) is 21.1 Å². The Morgan fingerprint density at radius 3 is 2.52 bits per heavy atom. The molecule has 0 spiro atoms. The van der Waals surface area contributed by atoms with Gasteiger partial charge in [-0.2, -0.15) is 0 Å². The van der Waals surface area contributed by atoms with E-state index in [0.717, 1.165) is 21.9 Å². The first-order chi connectivity index (χ1) is 10.2. The van der Waals surface area contributed by atoms with E-state index < -0.39 is 0 Å². The first-order valence-electron chi connectivity index (χ1n) is 6.57. The summed E-state index contributed by atoms with van der Waals surface area (Å²) in [5.41, 5.74) is 0.921. The number of fused-ring (bicyclic) bond motifs is 1. The molecule has 4 heteroatoms. The number of hydrogen-bond acceptors (Lipinski definition) is 3. The van der Waals surface area contributed by atoms with Crippen LogP contribution < -0.4 is 9.47 Å². The van der Waals surface area contributed by atoms with Crippen molar-refractivity contribution in [2.45, 2.75) is 5.38 Å². The van der Waals surface area contributed by atoms with Gasteiger partial charge in [-0.05, 0) is 35.7 Å². The lowest BCUT2D eigenvalue weighted by Crippen LogP contribution is -1.97. The molecule has 2 aromatic carbocycles. The maximum atomic E-state index is 6.69. The molecule has 2 nitrogen and oxygen atoms in total. The molecular formula is C17H15ClO2S. The zero-order valence-corrected chi connectivity index (χ0v) is 13.4. The van der Waals surface area contributed by atoms with Gasteiger partial charge in [0.2, 0.25) is 0 Å². The maximum Gasteiger partial charge on any atom is 0.124 e. The molecule has 3 aromatic rings. The Morgan fingerprint density at radius 1 is 1.00 bits per heavy atom. The lowest BCUT2D eigenvalue weighted by Gasteiger charge is -2.14. The van der Waals surface area contributed by atoms with Gasteiger partial charge in [-0.1, -0.05) is 18.2 Å². The number of rotatable bonds is 4. The molecule has 1 heterocycles. The van der Waals surface area contributed by atoms with Crippen molar-refractivity contribution in [2.75, 3.05) is 14.2 Å². The van der Waals surface area contributed by atoms with E-state index in [-0.39, 0.29) is 5.38 Å². The smallest absolute Gasteiger partial charge is 0.124 e. The molecule has 0 amide bonds. The van der Waals surface area contributed by atoms with Crippen molar-refractivity contribution in [2.24, 2.45) is 0 Å². The summed E-state index contributed by atoms with van der Waals surface area (Å²) in [6.07, 6.45) is 0. The second kappa shape index (κ2) is 5.96. The molecule has 0 saturated heterocycles. The van der Waals surface area contributed by atoms with Crippen LogP contribution in [0.1, 0.15) is 15.8 Å². The fraction of sp³-hybridized carbons (Fsp3) is 0.176. The molecule has 0 radical (unpaired) electrons. The third kappa shape index (κ3) is 2.71. The summed E-state index contributed by atoms with van der Waals surface area (Å²) in [6, 6.07) is 16.1. The van der Waals surface area contributed by atoms with Crippen molar-refractivity contribution in [1.29, 1.82) is 0 Å². The Kier molecular flexibility index (Phi) is 4.04. The van der Waals surface area contributed by atoms with Crippen LogP contribution in [0.15, 0.2) is 48.5 Å². The Balaban J connectivity index is 2.06. The molecule has 1 unspecified atom stereocenters. The zero-order chi connectivity index (χ0) is 14.8. The highest BCUT2D eigenvalue weighted by atomic mass is 35.5. The van der Waals surface area contributed by atoms with Gasteiger partial charge in [-0.3, -0.25) is 0 Å². The van der Waals surface area contributed by atoms with Crippen LogP contribution >= 0.6 is 22.9 Å². The van der Waals surface area contributed by atoms with Gasteiger partial charge in [-0.15, -0.1) is 22.9 Å². The second-order valence-corrected chi connectivity index (χ2v) is 6.21. The number of ether oxygens (including phenoxy) is 2. The Morgan fingerprint density at radius 2 is 1.81 bits per heavy atom. The fourth-order valence-corrected chi connectivity index (χ4v) is 3.75. The van der Waals surface area contributed by atoms with E-state index in [9.17, 15) is 0 Å².